The number of rotatable bonds is 3. The van der Waals surface area contributed by atoms with Gasteiger partial charge in [-0.15, -0.1) is 0 Å². The van der Waals surface area contributed by atoms with Gasteiger partial charge >= 0.3 is 7.12 Å². The third-order valence-corrected chi connectivity index (χ3v) is 10.1. The van der Waals surface area contributed by atoms with E-state index >= 15 is 0 Å². The molecule has 25 heavy (non-hydrogen) atoms. The van der Waals surface area contributed by atoms with Gasteiger partial charge in [-0.3, -0.25) is 0 Å². The van der Waals surface area contributed by atoms with Gasteiger partial charge in [0, 0.05) is 11.5 Å². The molecule has 1 heterocycles. The van der Waals surface area contributed by atoms with Crippen LogP contribution in [0.5, 0.6) is 5.75 Å². The largest absolute Gasteiger partial charge is 0.543 e. The molecule has 1 aliphatic rings. The first-order chi connectivity index (χ1) is 11.1. The Morgan fingerprint density at radius 3 is 1.92 bits per heavy atom. The highest BCUT2D eigenvalue weighted by Gasteiger charge is 2.53. The summed E-state index contributed by atoms with van der Waals surface area (Å²) < 4.78 is 46.5. The van der Waals surface area contributed by atoms with Crippen molar-refractivity contribution in [2.75, 3.05) is 0 Å². The Bertz CT molecular complexity index is 653. The lowest BCUT2D eigenvalue weighted by Gasteiger charge is -2.36. The van der Waals surface area contributed by atoms with Gasteiger partial charge in [-0.25, -0.2) is 8.78 Å². The van der Waals surface area contributed by atoms with Gasteiger partial charge in [0.2, 0.25) is 8.32 Å². The Labute approximate surface area is 151 Å². The molecular weight excluding hydrogens is 341 g/mol. The van der Waals surface area contributed by atoms with Gasteiger partial charge in [0.05, 0.1) is 11.2 Å². The van der Waals surface area contributed by atoms with Crippen LogP contribution in [0.4, 0.5) is 8.78 Å². The van der Waals surface area contributed by atoms with Gasteiger partial charge in [-0.05, 0) is 51.9 Å². The van der Waals surface area contributed by atoms with Crippen LogP contribution in [0.2, 0.25) is 18.1 Å². The summed E-state index contributed by atoms with van der Waals surface area (Å²) in [6, 6.07) is 2.60. The van der Waals surface area contributed by atoms with Crippen molar-refractivity contribution >= 4 is 20.9 Å². The van der Waals surface area contributed by atoms with E-state index in [1.807, 2.05) is 27.7 Å². The molecule has 0 radical (unpaired) electrons. The summed E-state index contributed by atoms with van der Waals surface area (Å²) in [4.78, 5) is 0. The first kappa shape index (κ1) is 20.4. The molecule has 3 nitrogen and oxygen atoms in total. The van der Waals surface area contributed by atoms with Crippen molar-refractivity contribution in [3.05, 3.63) is 23.8 Å². The predicted molar refractivity (Wildman–Crippen MR) is 99.9 cm³/mol. The Kier molecular flexibility index (Phi) is 4.95. The van der Waals surface area contributed by atoms with E-state index in [4.69, 9.17) is 13.7 Å². The second-order valence-corrected chi connectivity index (χ2v) is 14.0. The Balaban J connectivity index is 2.40. The Morgan fingerprint density at radius 2 is 1.48 bits per heavy atom. The molecule has 0 spiro atoms. The zero-order valence-corrected chi connectivity index (χ0v) is 17.7. The molecule has 1 aromatic rings. The molecule has 0 N–H and O–H groups in total. The van der Waals surface area contributed by atoms with Crippen LogP contribution >= 0.6 is 0 Å². The summed E-state index contributed by atoms with van der Waals surface area (Å²) in [7, 11) is -3.15. The smallest absolute Gasteiger partial charge is 0.498 e. The predicted octanol–water partition coefficient (Wildman–Crippen LogP) is 4.65. The van der Waals surface area contributed by atoms with E-state index in [0.717, 1.165) is 6.07 Å². The van der Waals surface area contributed by atoms with Crippen molar-refractivity contribution < 1.29 is 22.5 Å². The highest BCUT2D eigenvalue weighted by Crippen LogP contribution is 2.39. The van der Waals surface area contributed by atoms with Gasteiger partial charge < -0.3 is 13.7 Å². The van der Waals surface area contributed by atoms with Gasteiger partial charge in [-0.2, -0.15) is 0 Å². The number of benzene rings is 1. The lowest BCUT2D eigenvalue weighted by Crippen LogP contribution is -2.44. The molecule has 0 saturated carbocycles. The van der Waals surface area contributed by atoms with E-state index in [-0.39, 0.29) is 10.5 Å². The zero-order chi connectivity index (χ0) is 19.4. The topological polar surface area (TPSA) is 27.7 Å². The second-order valence-electron chi connectivity index (χ2n) is 9.26. The molecule has 1 fully saturated rings. The van der Waals surface area contributed by atoms with Gasteiger partial charge in [-0.1, -0.05) is 20.8 Å². The summed E-state index contributed by atoms with van der Waals surface area (Å²) in [6.07, 6.45) is 0. The Hall–Kier alpha value is -0.918. The number of hydrogen-bond donors (Lipinski definition) is 0. The summed E-state index contributed by atoms with van der Waals surface area (Å²) in [6.45, 7) is 17.9. The molecule has 2 rings (SSSR count). The number of halogens is 2. The van der Waals surface area contributed by atoms with Gasteiger partial charge in [0.15, 0.2) is 11.6 Å². The molecule has 0 amide bonds. The van der Waals surface area contributed by atoms with E-state index in [0.29, 0.717) is 5.75 Å². The standard InChI is InChI=1S/C18H29BF2O3Si/c1-16(2,3)25(8,9)22-12-10-13(15(21)14(20)11-12)19-23-17(4,5)18(6,7)24-19/h10-11H,1-9H3. The van der Waals surface area contributed by atoms with Crippen LogP contribution < -0.4 is 9.89 Å². The number of hydrogen-bond acceptors (Lipinski definition) is 3. The maximum Gasteiger partial charge on any atom is 0.498 e. The summed E-state index contributed by atoms with van der Waals surface area (Å²) in [5.41, 5.74) is -1.22. The van der Waals surface area contributed by atoms with Crippen LogP contribution in [0.1, 0.15) is 48.5 Å². The van der Waals surface area contributed by atoms with E-state index in [2.05, 4.69) is 33.9 Å². The molecule has 7 heteroatoms. The fourth-order valence-corrected chi connectivity index (χ4v) is 3.25. The first-order valence-corrected chi connectivity index (χ1v) is 11.5. The lowest BCUT2D eigenvalue weighted by molar-refractivity contribution is 0.00578. The quantitative estimate of drug-likeness (QED) is 0.725. The highest BCUT2D eigenvalue weighted by molar-refractivity contribution is 6.74. The zero-order valence-electron chi connectivity index (χ0n) is 16.7. The maximum absolute atomic E-state index is 14.4. The minimum absolute atomic E-state index is 0.0346. The first-order valence-electron chi connectivity index (χ1n) is 8.61. The van der Waals surface area contributed by atoms with Crippen molar-refractivity contribution in [3.8, 4) is 5.75 Å². The molecule has 1 aromatic carbocycles. The molecule has 140 valence electrons. The van der Waals surface area contributed by atoms with Gasteiger partial charge in [0.25, 0.3) is 0 Å². The third-order valence-electron chi connectivity index (χ3n) is 5.72. The normalized spacial score (nSPS) is 20.0. The molecule has 1 saturated heterocycles. The fraction of sp³-hybridized carbons (Fsp3) is 0.667. The van der Waals surface area contributed by atoms with E-state index in [1.54, 1.807) is 0 Å². The average Bonchev–Trinajstić information content (AvgIpc) is 2.60. The van der Waals surface area contributed by atoms with Crippen molar-refractivity contribution in [1.82, 2.24) is 0 Å². The molecule has 1 aliphatic heterocycles. The molecule has 0 aliphatic carbocycles. The minimum atomic E-state index is -2.18. The van der Waals surface area contributed by atoms with Crippen LogP contribution in [-0.2, 0) is 9.31 Å². The summed E-state index contributed by atoms with van der Waals surface area (Å²) in [5.74, 6) is -1.60. The van der Waals surface area contributed by atoms with E-state index < -0.39 is 38.3 Å². The average molecular weight is 370 g/mol. The van der Waals surface area contributed by atoms with Crippen molar-refractivity contribution in [2.45, 2.75) is 77.8 Å². The van der Waals surface area contributed by atoms with Crippen LogP contribution in [0.25, 0.3) is 0 Å². The molecule has 0 unspecified atom stereocenters. The highest BCUT2D eigenvalue weighted by atomic mass is 28.4. The van der Waals surface area contributed by atoms with Crippen molar-refractivity contribution in [1.29, 1.82) is 0 Å². The van der Waals surface area contributed by atoms with E-state index in [9.17, 15) is 8.78 Å². The summed E-state index contributed by atoms with van der Waals surface area (Å²) in [5, 5.41) is -0.0532. The van der Waals surface area contributed by atoms with Crippen molar-refractivity contribution in [2.24, 2.45) is 0 Å². The van der Waals surface area contributed by atoms with Crippen LogP contribution in [0, 0.1) is 11.6 Å². The minimum Gasteiger partial charge on any atom is -0.543 e. The lowest BCUT2D eigenvalue weighted by atomic mass is 9.78. The van der Waals surface area contributed by atoms with Crippen LogP contribution in [-0.4, -0.2) is 26.6 Å². The molecule has 0 bridgehead atoms. The third kappa shape index (κ3) is 3.78. The maximum atomic E-state index is 14.4. The molecule has 0 atom stereocenters. The van der Waals surface area contributed by atoms with Crippen molar-refractivity contribution in [3.63, 3.8) is 0 Å². The SMILES string of the molecule is CC1(C)OB(c2cc(O[Si](C)(C)C(C)(C)C)cc(F)c2F)OC1(C)C. The van der Waals surface area contributed by atoms with Gasteiger partial charge in [0.1, 0.15) is 5.75 Å². The molecule has 0 aromatic heterocycles. The van der Waals surface area contributed by atoms with Crippen LogP contribution in [0.15, 0.2) is 12.1 Å². The van der Waals surface area contributed by atoms with Crippen LogP contribution in [0.3, 0.4) is 0 Å². The fourth-order valence-electron chi connectivity index (χ4n) is 2.23. The second kappa shape index (κ2) is 6.06. The Morgan fingerprint density at radius 1 is 1.00 bits per heavy atom. The van der Waals surface area contributed by atoms with E-state index in [1.165, 1.54) is 6.07 Å². The molecular formula is C18H29BF2O3Si. The monoisotopic (exact) mass is 370 g/mol. The summed E-state index contributed by atoms with van der Waals surface area (Å²) >= 11 is 0.